The van der Waals surface area contributed by atoms with Crippen LogP contribution in [0.1, 0.15) is 22.3 Å². The molecule has 0 saturated heterocycles. The summed E-state index contributed by atoms with van der Waals surface area (Å²) in [5, 5.41) is 2.83. The summed E-state index contributed by atoms with van der Waals surface area (Å²) >= 11 is 0. The number of benzene rings is 3. The molecule has 0 saturated carbocycles. The average molecular weight is 486 g/mol. The first-order valence-corrected chi connectivity index (χ1v) is 12.7. The molecule has 35 heavy (non-hydrogen) atoms. The molecule has 0 unspecified atom stereocenters. The maximum absolute atomic E-state index is 13.5. The Balaban J connectivity index is 1.53. The van der Waals surface area contributed by atoms with Crippen molar-refractivity contribution in [3.8, 4) is 0 Å². The summed E-state index contributed by atoms with van der Waals surface area (Å²) in [4.78, 5) is 17.1. The Hall–Kier alpha value is -3.97. The second-order valence-corrected chi connectivity index (χ2v) is 10.3. The second kappa shape index (κ2) is 10.5. The fraction of sp³-hybridized carbons (Fsp3) is 0.143. The van der Waals surface area contributed by atoms with Crippen molar-refractivity contribution in [3.63, 3.8) is 0 Å². The molecule has 4 aromatic rings. The Bertz CT molecular complexity index is 1400. The van der Waals surface area contributed by atoms with Gasteiger partial charge in [0, 0.05) is 18.1 Å². The van der Waals surface area contributed by atoms with Crippen LogP contribution in [0.3, 0.4) is 0 Å². The van der Waals surface area contributed by atoms with E-state index in [2.05, 4.69) is 10.3 Å². The summed E-state index contributed by atoms with van der Waals surface area (Å²) in [7, 11) is -3.95. The van der Waals surface area contributed by atoms with Crippen LogP contribution in [0.5, 0.6) is 0 Å². The lowest BCUT2D eigenvalue weighted by atomic mass is 10.1. The number of nitrogens with zero attached hydrogens (tertiary/aromatic N) is 2. The van der Waals surface area contributed by atoms with Crippen molar-refractivity contribution in [2.24, 2.45) is 0 Å². The van der Waals surface area contributed by atoms with Gasteiger partial charge in [-0.25, -0.2) is 8.42 Å². The molecule has 1 N–H and O–H groups in total. The number of aryl methyl sites for hydroxylation is 2. The van der Waals surface area contributed by atoms with Crippen molar-refractivity contribution in [2.45, 2.75) is 25.2 Å². The Morgan fingerprint density at radius 3 is 2.14 bits per heavy atom. The zero-order valence-corrected chi connectivity index (χ0v) is 20.5. The summed E-state index contributed by atoms with van der Waals surface area (Å²) in [5.41, 5.74) is 5.14. The zero-order chi connectivity index (χ0) is 24.8. The molecular weight excluding hydrogens is 458 g/mol. The maximum atomic E-state index is 13.5. The number of nitrogens with one attached hydrogen (secondary N) is 1. The number of hydrogen-bond acceptors (Lipinski definition) is 4. The highest BCUT2D eigenvalue weighted by molar-refractivity contribution is 7.92. The first-order chi connectivity index (χ1) is 16.8. The summed E-state index contributed by atoms with van der Waals surface area (Å²) in [6.45, 7) is 3.43. The minimum absolute atomic E-state index is 0.137. The summed E-state index contributed by atoms with van der Waals surface area (Å²) in [6, 6.07) is 25.2. The van der Waals surface area contributed by atoms with Crippen molar-refractivity contribution < 1.29 is 13.2 Å². The van der Waals surface area contributed by atoms with E-state index in [1.807, 2.05) is 56.3 Å². The molecule has 7 heteroatoms. The number of hydrogen-bond donors (Lipinski definition) is 1. The van der Waals surface area contributed by atoms with Gasteiger partial charge in [0.25, 0.3) is 10.0 Å². The summed E-state index contributed by atoms with van der Waals surface area (Å²) in [6.07, 6.45) is 4.27. The molecule has 4 rings (SSSR count). The fourth-order valence-electron chi connectivity index (χ4n) is 3.71. The van der Waals surface area contributed by atoms with Gasteiger partial charge in [0.2, 0.25) is 5.91 Å². The van der Waals surface area contributed by atoms with E-state index in [1.54, 1.807) is 54.9 Å². The van der Waals surface area contributed by atoms with E-state index in [0.717, 1.165) is 33.0 Å². The van der Waals surface area contributed by atoms with Gasteiger partial charge in [-0.2, -0.15) is 0 Å². The van der Waals surface area contributed by atoms with Gasteiger partial charge in [0.1, 0.15) is 6.54 Å². The third kappa shape index (κ3) is 6.13. The topological polar surface area (TPSA) is 79.4 Å². The molecule has 1 amide bonds. The van der Waals surface area contributed by atoms with Crippen LogP contribution in [0.4, 0.5) is 11.4 Å². The number of anilines is 2. The quantitative estimate of drug-likeness (QED) is 0.376. The molecule has 0 fully saturated rings. The molecule has 0 radical (unpaired) electrons. The van der Waals surface area contributed by atoms with Crippen LogP contribution < -0.4 is 9.62 Å². The molecule has 6 nitrogen and oxygen atoms in total. The predicted octanol–water partition coefficient (Wildman–Crippen LogP) is 5.12. The van der Waals surface area contributed by atoms with Gasteiger partial charge in [0.15, 0.2) is 0 Å². The van der Waals surface area contributed by atoms with Crippen molar-refractivity contribution in [1.82, 2.24) is 4.98 Å². The van der Waals surface area contributed by atoms with Gasteiger partial charge in [-0.15, -0.1) is 0 Å². The van der Waals surface area contributed by atoms with Gasteiger partial charge in [0.05, 0.1) is 10.6 Å². The van der Waals surface area contributed by atoms with Gasteiger partial charge < -0.3 is 5.32 Å². The SMILES string of the molecule is Cc1ccc(S(=O)(=O)N(CC(=O)Nc2ccc(Cc3ccncc3)cc2)c2cccc(C)c2)cc1. The highest BCUT2D eigenvalue weighted by Crippen LogP contribution is 2.25. The molecule has 0 aliphatic rings. The second-order valence-electron chi connectivity index (χ2n) is 8.44. The molecule has 3 aromatic carbocycles. The van der Waals surface area contributed by atoms with E-state index in [0.29, 0.717) is 11.4 Å². The Morgan fingerprint density at radius 2 is 1.49 bits per heavy atom. The number of amides is 1. The highest BCUT2D eigenvalue weighted by Gasteiger charge is 2.27. The molecule has 0 bridgehead atoms. The number of sulfonamides is 1. The molecular formula is C28H27N3O3S. The van der Waals surface area contributed by atoms with Crippen LogP contribution in [0.2, 0.25) is 0 Å². The van der Waals surface area contributed by atoms with Crippen molar-refractivity contribution in [1.29, 1.82) is 0 Å². The lowest BCUT2D eigenvalue weighted by Crippen LogP contribution is -2.38. The minimum atomic E-state index is -3.95. The number of pyridine rings is 1. The summed E-state index contributed by atoms with van der Waals surface area (Å²) in [5.74, 6) is -0.427. The van der Waals surface area contributed by atoms with E-state index in [4.69, 9.17) is 0 Å². The monoisotopic (exact) mass is 485 g/mol. The van der Waals surface area contributed by atoms with E-state index in [9.17, 15) is 13.2 Å². The van der Waals surface area contributed by atoms with Gasteiger partial charge in [-0.3, -0.25) is 14.1 Å². The Kier molecular flexibility index (Phi) is 7.27. The first kappa shape index (κ1) is 24.2. The van der Waals surface area contributed by atoms with Crippen LogP contribution in [0, 0.1) is 13.8 Å². The van der Waals surface area contributed by atoms with Crippen molar-refractivity contribution >= 4 is 27.3 Å². The van der Waals surface area contributed by atoms with Crippen LogP contribution in [-0.2, 0) is 21.2 Å². The third-order valence-electron chi connectivity index (χ3n) is 5.58. The molecule has 1 aromatic heterocycles. The number of aromatic nitrogens is 1. The Labute approximate surface area is 206 Å². The third-order valence-corrected chi connectivity index (χ3v) is 7.37. The lowest BCUT2D eigenvalue weighted by Gasteiger charge is -2.24. The summed E-state index contributed by atoms with van der Waals surface area (Å²) < 4.78 is 28.2. The van der Waals surface area contributed by atoms with E-state index >= 15 is 0 Å². The van der Waals surface area contributed by atoms with Gasteiger partial charge >= 0.3 is 0 Å². The predicted molar refractivity (Wildman–Crippen MR) is 139 cm³/mol. The van der Waals surface area contributed by atoms with Gasteiger partial charge in [-0.1, -0.05) is 42.0 Å². The number of carbonyl (C=O) groups excluding carboxylic acids is 1. The van der Waals surface area contributed by atoms with Crippen LogP contribution in [-0.4, -0.2) is 25.9 Å². The average Bonchev–Trinajstić information content (AvgIpc) is 2.84. The zero-order valence-electron chi connectivity index (χ0n) is 19.7. The molecule has 0 spiro atoms. The Morgan fingerprint density at radius 1 is 0.829 bits per heavy atom. The number of rotatable bonds is 8. The molecule has 0 aliphatic heterocycles. The largest absolute Gasteiger partial charge is 0.325 e. The maximum Gasteiger partial charge on any atom is 0.264 e. The van der Waals surface area contributed by atoms with Crippen LogP contribution >= 0.6 is 0 Å². The highest BCUT2D eigenvalue weighted by atomic mass is 32.2. The smallest absolute Gasteiger partial charge is 0.264 e. The normalized spacial score (nSPS) is 11.1. The van der Waals surface area contributed by atoms with Gasteiger partial charge in [-0.05, 0) is 85.5 Å². The van der Waals surface area contributed by atoms with E-state index in [-0.39, 0.29) is 11.4 Å². The molecule has 1 heterocycles. The first-order valence-electron chi connectivity index (χ1n) is 11.2. The van der Waals surface area contributed by atoms with Crippen molar-refractivity contribution in [3.05, 3.63) is 120 Å². The van der Waals surface area contributed by atoms with E-state index in [1.165, 1.54) is 0 Å². The van der Waals surface area contributed by atoms with Crippen LogP contribution in [0.15, 0.2) is 102 Å². The standard InChI is InChI=1S/C28H27N3O3S/c1-21-6-12-27(13-7-21)35(33,34)31(26-5-3-4-22(2)18-26)20-28(32)30-25-10-8-23(9-11-25)19-24-14-16-29-17-15-24/h3-18H,19-20H2,1-2H3,(H,30,32). The molecule has 0 aliphatic carbocycles. The van der Waals surface area contributed by atoms with Crippen molar-refractivity contribution in [2.75, 3.05) is 16.2 Å². The fourth-order valence-corrected chi connectivity index (χ4v) is 5.12. The molecule has 0 atom stereocenters. The van der Waals surface area contributed by atoms with E-state index < -0.39 is 15.9 Å². The molecule has 178 valence electrons. The minimum Gasteiger partial charge on any atom is -0.325 e. The van der Waals surface area contributed by atoms with Crippen LogP contribution in [0.25, 0.3) is 0 Å². The lowest BCUT2D eigenvalue weighted by molar-refractivity contribution is -0.114. The number of carbonyl (C=O) groups is 1.